The van der Waals surface area contributed by atoms with Gasteiger partial charge in [0.2, 0.25) is 0 Å². The van der Waals surface area contributed by atoms with Gasteiger partial charge in [0, 0.05) is 30.9 Å². The van der Waals surface area contributed by atoms with Crippen molar-refractivity contribution in [1.82, 2.24) is 0 Å². The lowest BCUT2D eigenvalue weighted by atomic mass is 10.1. The molecule has 1 fully saturated rings. The molecule has 0 bridgehead atoms. The molecule has 0 spiro atoms. The summed E-state index contributed by atoms with van der Waals surface area (Å²) in [5.41, 5.74) is 2.69. The first-order chi connectivity index (χ1) is 13.7. The smallest absolute Gasteiger partial charge is 0.169 e. The van der Waals surface area contributed by atoms with Crippen molar-refractivity contribution in [1.29, 1.82) is 0 Å². The van der Waals surface area contributed by atoms with Crippen molar-refractivity contribution in [3.8, 4) is 0 Å². The largest absolute Gasteiger partial charge is 0.345 e. The standard InChI is InChI=1S/C23H24N2O2P/c26-19-16-23(20-10-4-1-5-11-20)28(27)24(21-12-6-2-7-13-21)17-18-25(28)22-14-8-3-9-15-22/h1-15,19,23,27H,16-18H2. The Kier molecular flexibility index (Phi) is 5.43. The fourth-order valence-corrected chi connectivity index (χ4v) is 7.58. The molecule has 3 aromatic rings. The summed E-state index contributed by atoms with van der Waals surface area (Å²) in [5, 5.41) is 0. The summed E-state index contributed by atoms with van der Waals surface area (Å²) in [6.45, 7) is 1.43. The molecule has 1 radical (unpaired) electrons. The van der Waals surface area contributed by atoms with Gasteiger partial charge in [-0.05, 0) is 29.8 Å². The van der Waals surface area contributed by atoms with Gasteiger partial charge in [0.15, 0.2) is 7.79 Å². The van der Waals surface area contributed by atoms with E-state index < -0.39 is 7.79 Å². The van der Waals surface area contributed by atoms with E-state index in [0.717, 1.165) is 23.2 Å². The van der Waals surface area contributed by atoms with E-state index in [9.17, 15) is 9.69 Å². The highest BCUT2D eigenvalue weighted by Crippen LogP contribution is 2.75. The van der Waals surface area contributed by atoms with Gasteiger partial charge in [0.25, 0.3) is 0 Å². The van der Waals surface area contributed by atoms with Crippen LogP contribution in [0.3, 0.4) is 0 Å². The molecule has 3 aromatic carbocycles. The molecule has 1 unspecified atom stereocenters. The Morgan fingerprint density at radius 1 is 0.786 bits per heavy atom. The Balaban J connectivity index is 1.86. The molecular weight excluding hydrogens is 367 g/mol. The van der Waals surface area contributed by atoms with Gasteiger partial charge in [0.05, 0.1) is 5.66 Å². The predicted molar refractivity (Wildman–Crippen MR) is 117 cm³/mol. The zero-order valence-electron chi connectivity index (χ0n) is 15.6. The summed E-state index contributed by atoms with van der Waals surface area (Å²) in [6, 6.07) is 29.9. The van der Waals surface area contributed by atoms with Gasteiger partial charge in [0.1, 0.15) is 6.29 Å². The van der Waals surface area contributed by atoms with Gasteiger partial charge in [-0.1, -0.05) is 66.7 Å². The number of aldehydes is 1. The van der Waals surface area contributed by atoms with E-state index in [4.69, 9.17) is 0 Å². The molecule has 5 heteroatoms. The first kappa shape index (κ1) is 18.7. The van der Waals surface area contributed by atoms with Gasteiger partial charge < -0.3 is 19.0 Å². The minimum atomic E-state index is -2.90. The third kappa shape index (κ3) is 3.30. The fraction of sp³-hybridized carbons (Fsp3) is 0.174. The van der Waals surface area contributed by atoms with Gasteiger partial charge in [-0.2, -0.15) is 0 Å². The summed E-state index contributed by atoms with van der Waals surface area (Å²) >= 11 is 0. The molecule has 0 saturated carbocycles. The molecule has 1 atom stereocenters. The molecule has 28 heavy (non-hydrogen) atoms. The number of benzene rings is 3. The van der Waals surface area contributed by atoms with Crippen molar-refractivity contribution < 1.29 is 9.69 Å². The normalized spacial score (nSPS) is 16.8. The Morgan fingerprint density at radius 3 is 1.64 bits per heavy atom. The Hall–Kier alpha value is -2.68. The van der Waals surface area contributed by atoms with Crippen LogP contribution in [-0.4, -0.2) is 24.3 Å². The van der Waals surface area contributed by atoms with Crippen molar-refractivity contribution in [2.45, 2.75) is 12.1 Å². The van der Waals surface area contributed by atoms with Crippen LogP contribution >= 0.6 is 7.79 Å². The van der Waals surface area contributed by atoms with Gasteiger partial charge >= 0.3 is 0 Å². The molecule has 1 saturated heterocycles. The third-order valence-corrected chi connectivity index (χ3v) is 8.89. The Labute approximate surface area is 166 Å². The molecule has 0 aliphatic carbocycles. The number of carbonyl (C=O) groups excluding carboxylic acids is 1. The lowest BCUT2D eigenvalue weighted by Crippen LogP contribution is -2.29. The van der Waals surface area contributed by atoms with E-state index in [1.54, 1.807) is 0 Å². The van der Waals surface area contributed by atoms with Crippen molar-refractivity contribution in [2.75, 3.05) is 22.4 Å². The van der Waals surface area contributed by atoms with Crippen LogP contribution in [0.1, 0.15) is 17.6 Å². The van der Waals surface area contributed by atoms with Gasteiger partial charge in [-0.3, -0.25) is 0 Å². The van der Waals surface area contributed by atoms with Crippen molar-refractivity contribution in [3.05, 3.63) is 96.6 Å². The third-order valence-electron chi connectivity index (χ3n) is 5.26. The second-order valence-electron chi connectivity index (χ2n) is 6.86. The molecule has 1 aliphatic heterocycles. The van der Waals surface area contributed by atoms with E-state index in [1.807, 2.05) is 91.0 Å². The summed E-state index contributed by atoms with van der Waals surface area (Å²) in [5.74, 6) is 0. The Bertz CT molecular complexity index is 858. The molecule has 4 nitrogen and oxygen atoms in total. The summed E-state index contributed by atoms with van der Waals surface area (Å²) in [6.07, 6.45) is 1.21. The van der Waals surface area contributed by atoms with Crippen LogP contribution < -0.4 is 9.34 Å². The average molecular weight is 391 g/mol. The molecule has 143 valence electrons. The minimum Gasteiger partial charge on any atom is -0.345 e. The number of carbonyl (C=O) groups is 1. The number of rotatable bonds is 6. The summed E-state index contributed by atoms with van der Waals surface area (Å²) in [4.78, 5) is 24.0. The Morgan fingerprint density at radius 2 is 1.21 bits per heavy atom. The minimum absolute atomic E-state index is 0.279. The van der Waals surface area contributed by atoms with Crippen LogP contribution in [0.15, 0.2) is 91.0 Å². The van der Waals surface area contributed by atoms with Crippen LogP contribution in [0.4, 0.5) is 11.4 Å². The SMILES string of the molecule is O=CCC(c1ccccc1)[P]1(O)N(c2ccccc2)CCN1c1ccccc1. The van der Waals surface area contributed by atoms with Crippen molar-refractivity contribution >= 4 is 25.5 Å². The van der Waals surface area contributed by atoms with E-state index in [2.05, 4.69) is 9.34 Å². The first-order valence-electron chi connectivity index (χ1n) is 9.51. The monoisotopic (exact) mass is 391 g/mol. The number of anilines is 2. The highest BCUT2D eigenvalue weighted by molar-refractivity contribution is 7.74. The quantitative estimate of drug-likeness (QED) is 0.469. The number of para-hydroxylation sites is 2. The zero-order valence-corrected chi connectivity index (χ0v) is 16.5. The molecule has 1 heterocycles. The van der Waals surface area contributed by atoms with Crippen LogP contribution in [0.25, 0.3) is 0 Å². The maximum atomic E-state index is 12.4. The second kappa shape index (κ2) is 8.14. The second-order valence-corrected chi connectivity index (χ2v) is 9.68. The fourth-order valence-electron chi connectivity index (χ4n) is 3.99. The lowest BCUT2D eigenvalue weighted by Gasteiger charge is -2.47. The lowest BCUT2D eigenvalue weighted by molar-refractivity contribution is -0.107. The molecule has 0 amide bonds. The van der Waals surface area contributed by atoms with Crippen molar-refractivity contribution in [3.63, 3.8) is 0 Å². The van der Waals surface area contributed by atoms with Gasteiger partial charge in [-0.15, -0.1) is 0 Å². The van der Waals surface area contributed by atoms with E-state index in [-0.39, 0.29) is 12.1 Å². The van der Waals surface area contributed by atoms with Crippen LogP contribution in [-0.2, 0) is 4.79 Å². The number of hydrogen-bond acceptors (Lipinski definition) is 4. The van der Waals surface area contributed by atoms with Crippen LogP contribution in [0, 0.1) is 0 Å². The van der Waals surface area contributed by atoms with Crippen LogP contribution in [0.2, 0.25) is 0 Å². The van der Waals surface area contributed by atoms with Crippen LogP contribution in [0.5, 0.6) is 0 Å². The van der Waals surface area contributed by atoms with E-state index in [0.29, 0.717) is 13.1 Å². The maximum Gasteiger partial charge on any atom is 0.169 e. The number of hydrogen-bond donors (Lipinski definition) is 1. The summed E-state index contributed by atoms with van der Waals surface area (Å²) < 4.78 is 4.25. The van der Waals surface area contributed by atoms with Crippen molar-refractivity contribution in [2.24, 2.45) is 0 Å². The average Bonchev–Trinajstić information content (AvgIpc) is 3.11. The first-order valence-corrected chi connectivity index (χ1v) is 11.2. The topological polar surface area (TPSA) is 43.8 Å². The number of nitrogens with zero attached hydrogens (tertiary/aromatic N) is 2. The highest BCUT2D eigenvalue weighted by Gasteiger charge is 2.50. The predicted octanol–water partition coefficient (Wildman–Crippen LogP) is 5.10. The molecule has 1 N–H and O–H groups in total. The van der Waals surface area contributed by atoms with E-state index in [1.165, 1.54) is 0 Å². The maximum absolute atomic E-state index is 12.4. The summed E-state index contributed by atoms with van der Waals surface area (Å²) in [7, 11) is -2.90. The molecule has 4 rings (SSSR count). The van der Waals surface area contributed by atoms with E-state index >= 15 is 0 Å². The van der Waals surface area contributed by atoms with Gasteiger partial charge in [-0.25, -0.2) is 0 Å². The molecule has 1 aliphatic rings. The molecule has 0 aromatic heterocycles. The zero-order chi connectivity index (χ0) is 19.4. The molecular formula is C23H24N2O2P. The highest BCUT2D eigenvalue weighted by atomic mass is 31.2.